The number of amides is 4. The zero-order valence-corrected chi connectivity index (χ0v) is 23.0. The van der Waals surface area contributed by atoms with Crippen LogP contribution in [0, 0.1) is 17.3 Å². The number of benzene rings is 1. The number of carbonyl (C=O) groups is 4. The number of primary amides is 1. The highest BCUT2D eigenvalue weighted by molar-refractivity contribution is 5.90. The van der Waals surface area contributed by atoms with Crippen LogP contribution in [0.5, 0.6) is 0 Å². The van der Waals surface area contributed by atoms with Crippen LogP contribution < -0.4 is 11.1 Å². The monoisotopic (exact) mass is 528 g/mol. The lowest BCUT2D eigenvalue weighted by molar-refractivity contribution is -0.197. The van der Waals surface area contributed by atoms with Crippen LogP contribution in [0.1, 0.15) is 77.7 Å². The zero-order valence-electron chi connectivity index (χ0n) is 23.0. The molecule has 0 radical (unpaired) electrons. The topological polar surface area (TPSA) is 133 Å². The van der Waals surface area contributed by atoms with Gasteiger partial charge in [0.05, 0.1) is 6.42 Å². The fraction of sp³-hybridized carbons (Fsp3) is 0.655. The number of hydrogen-bond acceptors (Lipinski definition) is 5. The molecule has 0 bridgehead atoms. The van der Waals surface area contributed by atoms with Crippen molar-refractivity contribution in [3.05, 3.63) is 35.9 Å². The third-order valence-corrected chi connectivity index (χ3v) is 7.79. The lowest BCUT2D eigenvalue weighted by Gasteiger charge is -2.41. The maximum Gasteiger partial charge on any atom is 0.250 e. The molecule has 0 aromatic heterocycles. The maximum atomic E-state index is 13.6. The molecule has 0 unspecified atom stereocenters. The Morgan fingerprint density at radius 3 is 2.21 bits per heavy atom. The first-order valence-corrected chi connectivity index (χ1v) is 13.9. The zero-order chi connectivity index (χ0) is 27.9. The Morgan fingerprint density at radius 2 is 1.66 bits per heavy atom. The number of nitrogens with two attached hydrogens (primary N) is 1. The van der Waals surface area contributed by atoms with Gasteiger partial charge in [-0.25, -0.2) is 5.06 Å². The molecule has 2 fully saturated rings. The summed E-state index contributed by atoms with van der Waals surface area (Å²) in [5.74, 6) is -2.03. The van der Waals surface area contributed by atoms with E-state index in [1.54, 1.807) is 4.90 Å². The van der Waals surface area contributed by atoms with Crippen LogP contribution in [-0.4, -0.2) is 64.0 Å². The van der Waals surface area contributed by atoms with E-state index in [2.05, 4.69) is 5.32 Å². The van der Waals surface area contributed by atoms with Crippen LogP contribution in [0.3, 0.4) is 0 Å². The molecule has 9 nitrogen and oxygen atoms in total. The van der Waals surface area contributed by atoms with Gasteiger partial charge in [-0.05, 0) is 36.2 Å². The van der Waals surface area contributed by atoms with Crippen LogP contribution in [0.2, 0.25) is 0 Å². The molecular weight excluding hydrogens is 484 g/mol. The number of carbonyl (C=O) groups excluding carboxylic acids is 4. The summed E-state index contributed by atoms with van der Waals surface area (Å²) >= 11 is 0. The summed E-state index contributed by atoms with van der Waals surface area (Å²) in [5.41, 5.74) is 5.64. The Labute approximate surface area is 226 Å². The van der Waals surface area contributed by atoms with Gasteiger partial charge in [-0.2, -0.15) is 0 Å². The molecule has 1 saturated heterocycles. The highest BCUT2D eigenvalue weighted by Gasteiger charge is 2.44. The fourth-order valence-electron chi connectivity index (χ4n) is 5.80. The lowest BCUT2D eigenvalue weighted by Crippen LogP contribution is -2.58. The first kappa shape index (κ1) is 29.6. The van der Waals surface area contributed by atoms with Crippen molar-refractivity contribution in [2.45, 2.75) is 90.6 Å². The van der Waals surface area contributed by atoms with E-state index in [0.29, 0.717) is 49.8 Å². The SMILES string of the molecule is CC(C)(C)[C@@H](C(=O)N1CCC(NC(=O)Cc2ccccc2)CC1)N(O)C(=O)[C@@H](CC(N)=O)CC1CCCC1. The Morgan fingerprint density at radius 1 is 1.05 bits per heavy atom. The van der Waals surface area contributed by atoms with E-state index in [1.807, 2.05) is 51.1 Å². The van der Waals surface area contributed by atoms with Crippen LogP contribution in [0.15, 0.2) is 30.3 Å². The summed E-state index contributed by atoms with van der Waals surface area (Å²) in [5, 5.41) is 14.7. The molecule has 1 saturated carbocycles. The smallest absolute Gasteiger partial charge is 0.250 e. The van der Waals surface area contributed by atoms with Crippen LogP contribution in [0.25, 0.3) is 0 Å². The van der Waals surface area contributed by atoms with E-state index in [0.717, 1.165) is 31.2 Å². The predicted octanol–water partition coefficient (Wildman–Crippen LogP) is 3.04. The third-order valence-electron chi connectivity index (χ3n) is 7.79. The Kier molecular flexibility index (Phi) is 10.3. The number of hydrogen-bond donors (Lipinski definition) is 3. The standard InChI is InChI=1S/C29H44N4O5/c1-29(2,3)26(33(38)27(36)22(19-24(30)34)17-20-11-7-8-12-20)28(37)32-15-13-23(14-16-32)31-25(35)18-21-9-5-4-6-10-21/h4-6,9-10,20,22-23,26,38H,7-8,11-19H2,1-3H3,(H2,30,34)(H,31,35)/t22-,26-/m1/s1. The molecule has 1 heterocycles. The van der Waals surface area contributed by atoms with Gasteiger partial charge < -0.3 is 16.0 Å². The van der Waals surface area contributed by atoms with E-state index in [4.69, 9.17) is 5.73 Å². The van der Waals surface area contributed by atoms with Crippen LogP contribution in [0.4, 0.5) is 0 Å². The molecule has 1 aromatic carbocycles. The second-order valence-electron chi connectivity index (χ2n) is 12.0. The second kappa shape index (κ2) is 13.2. The molecule has 1 aliphatic carbocycles. The molecule has 1 aliphatic heterocycles. The van der Waals surface area contributed by atoms with Crippen molar-refractivity contribution in [2.24, 2.45) is 23.0 Å². The third kappa shape index (κ3) is 8.28. The van der Waals surface area contributed by atoms with Crippen molar-refractivity contribution in [3.63, 3.8) is 0 Å². The molecule has 0 spiro atoms. The van der Waals surface area contributed by atoms with Crippen molar-refractivity contribution < 1.29 is 24.4 Å². The molecular formula is C29H44N4O5. The predicted molar refractivity (Wildman–Crippen MR) is 144 cm³/mol. The van der Waals surface area contributed by atoms with Crippen molar-refractivity contribution in [2.75, 3.05) is 13.1 Å². The molecule has 2 atom stereocenters. The molecule has 1 aromatic rings. The summed E-state index contributed by atoms with van der Waals surface area (Å²) in [6.45, 7) is 6.25. The number of hydroxylamine groups is 2. The van der Waals surface area contributed by atoms with Gasteiger partial charge in [0.2, 0.25) is 23.6 Å². The van der Waals surface area contributed by atoms with Gasteiger partial charge in [0.1, 0.15) is 6.04 Å². The average molecular weight is 529 g/mol. The molecule has 210 valence electrons. The lowest BCUT2D eigenvalue weighted by atomic mass is 9.83. The summed E-state index contributed by atoms with van der Waals surface area (Å²) in [6, 6.07) is 8.40. The van der Waals surface area contributed by atoms with Gasteiger partial charge >= 0.3 is 0 Å². The second-order valence-corrected chi connectivity index (χ2v) is 12.0. The molecule has 3 rings (SSSR count). The van der Waals surface area contributed by atoms with Gasteiger partial charge in [-0.1, -0.05) is 76.8 Å². The van der Waals surface area contributed by atoms with Crippen molar-refractivity contribution in [1.29, 1.82) is 0 Å². The Balaban J connectivity index is 1.61. The first-order chi connectivity index (χ1) is 18.0. The minimum absolute atomic E-state index is 0.0402. The number of nitrogens with one attached hydrogen (secondary N) is 1. The number of likely N-dealkylation sites (tertiary alicyclic amines) is 1. The minimum Gasteiger partial charge on any atom is -0.370 e. The summed E-state index contributed by atoms with van der Waals surface area (Å²) < 4.78 is 0. The molecule has 2 aliphatic rings. The number of nitrogens with zero attached hydrogens (tertiary/aromatic N) is 2. The van der Waals surface area contributed by atoms with Gasteiger partial charge in [0.25, 0.3) is 0 Å². The van der Waals surface area contributed by atoms with Gasteiger partial charge in [-0.15, -0.1) is 0 Å². The van der Waals surface area contributed by atoms with Crippen molar-refractivity contribution >= 4 is 23.6 Å². The quantitative estimate of drug-likeness (QED) is 0.317. The average Bonchev–Trinajstić information content (AvgIpc) is 3.36. The van der Waals surface area contributed by atoms with E-state index >= 15 is 0 Å². The fourth-order valence-corrected chi connectivity index (χ4v) is 5.80. The molecule has 4 N–H and O–H groups in total. The maximum absolute atomic E-state index is 13.6. The molecule has 9 heteroatoms. The van der Waals surface area contributed by atoms with Gasteiger partial charge in [-0.3, -0.25) is 24.4 Å². The Bertz CT molecular complexity index is 963. The highest BCUT2D eigenvalue weighted by atomic mass is 16.5. The largest absolute Gasteiger partial charge is 0.370 e. The van der Waals surface area contributed by atoms with Crippen LogP contribution >= 0.6 is 0 Å². The minimum atomic E-state index is -1.10. The number of piperidine rings is 1. The van der Waals surface area contributed by atoms with Gasteiger partial charge in [0, 0.05) is 31.5 Å². The summed E-state index contributed by atoms with van der Waals surface area (Å²) in [7, 11) is 0. The molecule has 4 amide bonds. The van der Waals surface area contributed by atoms with Crippen molar-refractivity contribution in [3.8, 4) is 0 Å². The number of rotatable bonds is 10. The van der Waals surface area contributed by atoms with Gasteiger partial charge in [0.15, 0.2) is 0 Å². The normalized spacial score (nSPS) is 18.6. The van der Waals surface area contributed by atoms with Crippen LogP contribution in [-0.2, 0) is 25.6 Å². The summed E-state index contributed by atoms with van der Waals surface area (Å²) in [4.78, 5) is 52.9. The van der Waals surface area contributed by atoms with E-state index in [9.17, 15) is 24.4 Å². The van der Waals surface area contributed by atoms with E-state index in [-0.39, 0.29) is 24.3 Å². The first-order valence-electron chi connectivity index (χ1n) is 13.9. The Hall–Kier alpha value is -2.94. The molecule has 38 heavy (non-hydrogen) atoms. The van der Waals surface area contributed by atoms with Crippen molar-refractivity contribution in [1.82, 2.24) is 15.3 Å². The highest BCUT2D eigenvalue weighted by Crippen LogP contribution is 2.34. The summed E-state index contributed by atoms with van der Waals surface area (Å²) in [6.07, 6.45) is 6.00. The van der Waals surface area contributed by atoms with E-state index in [1.165, 1.54) is 0 Å². The van der Waals surface area contributed by atoms with E-state index < -0.39 is 29.2 Å².